The molecule has 0 amide bonds. The van der Waals surface area contributed by atoms with Gasteiger partial charge in [0.25, 0.3) is 0 Å². The van der Waals surface area contributed by atoms with Gasteiger partial charge in [0, 0.05) is 0 Å². The summed E-state index contributed by atoms with van der Waals surface area (Å²) in [5, 5.41) is 0. The maximum absolute atomic E-state index is 11.9. The highest BCUT2D eigenvalue weighted by molar-refractivity contribution is 7.97. The predicted molar refractivity (Wildman–Crippen MR) is 126 cm³/mol. The number of rotatable bonds is 8. The third-order valence-electron chi connectivity index (χ3n) is 4.43. The molecule has 0 unspecified atom stereocenters. The van der Waals surface area contributed by atoms with Crippen molar-refractivity contribution in [3.8, 4) is 17.2 Å². The molecule has 0 aliphatic rings. The number of esters is 1. The van der Waals surface area contributed by atoms with Crippen LogP contribution in [0.15, 0.2) is 87.5 Å². The van der Waals surface area contributed by atoms with Crippen LogP contribution in [0.5, 0.6) is 17.2 Å². The third-order valence-corrected chi connectivity index (χ3v) is 6.66. The summed E-state index contributed by atoms with van der Waals surface area (Å²) < 4.78 is 21.5. The summed E-state index contributed by atoms with van der Waals surface area (Å²) in [4.78, 5) is 15.4. The molecule has 0 spiro atoms. The molecule has 32 heavy (non-hydrogen) atoms. The summed E-state index contributed by atoms with van der Waals surface area (Å²) >= 11 is 0. The van der Waals surface area contributed by atoms with Gasteiger partial charge in [0.15, 0.2) is 21.3 Å². The van der Waals surface area contributed by atoms with Gasteiger partial charge in [0.2, 0.25) is 0 Å². The molecule has 0 N–H and O–H groups in total. The van der Waals surface area contributed by atoms with Crippen LogP contribution in [-0.4, -0.2) is 32.4 Å². The Labute approximate surface area is 192 Å². The fourth-order valence-corrected chi connectivity index (χ4v) is 5.06. The number of carbonyl (C=O) groups is 1. The first-order valence-corrected chi connectivity index (χ1v) is 11.5. The van der Waals surface area contributed by atoms with Crippen molar-refractivity contribution < 1.29 is 23.7 Å². The number of methoxy groups -OCH3 is 2. The van der Waals surface area contributed by atoms with E-state index in [2.05, 4.69) is 24.3 Å². The van der Waals surface area contributed by atoms with Gasteiger partial charge in [-0.1, -0.05) is 0 Å². The van der Waals surface area contributed by atoms with E-state index in [9.17, 15) is 4.79 Å². The Kier molecular flexibility index (Phi) is 7.70. The van der Waals surface area contributed by atoms with Gasteiger partial charge in [-0.25, -0.2) is 4.79 Å². The van der Waals surface area contributed by atoms with Gasteiger partial charge in [-0.2, -0.15) is 0 Å². The summed E-state index contributed by atoms with van der Waals surface area (Å²) in [5.74, 6) is 1.86. The third kappa shape index (κ3) is 6.44. The topological polar surface area (TPSA) is 54.0 Å². The Hall–Kier alpha value is -3.12. The van der Waals surface area contributed by atoms with Gasteiger partial charge >= 0.3 is 5.97 Å². The first kappa shape index (κ1) is 23.5. The van der Waals surface area contributed by atoms with Gasteiger partial charge in [-0.3, -0.25) is 0 Å². The van der Waals surface area contributed by atoms with Crippen LogP contribution < -0.4 is 14.2 Å². The van der Waals surface area contributed by atoms with E-state index < -0.39 is 11.6 Å². The van der Waals surface area contributed by atoms with Crippen molar-refractivity contribution in [3.05, 3.63) is 72.8 Å². The second-order valence-electron chi connectivity index (χ2n) is 8.00. The highest BCUT2D eigenvalue weighted by atomic mass is 32.2. The average Bonchev–Trinajstić information content (AvgIpc) is 2.78. The quantitative estimate of drug-likeness (QED) is 0.332. The molecule has 0 saturated heterocycles. The second kappa shape index (κ2) is 10.5. The molecule has 3 aromatic carbocycles. The Balaban J connectivity index is 1.83. The van der Waals surface area contributed by atoms with Crippen LogP contribution in [-0.2, 0) is 20.4 Å². The molecule has 0 atom stereocenters. The molecule has 0 heterocycles. The molecular formula is C26H29O5S+. The Bertz CT molecular complexity index is 959. The minimum Gasteiger partial charge on any atom is -0.497 e. The Morgan fingerprint density at radius 3 is 1.41 bits per heavy atom. The lowest BCUT2D eigenvalue weighted by Gasteiger charge is -2.19. The first-order valence-electron chi connectivity index (χ1n) is 10.3. The van der Waals surface area contributed by atoms with Crippen LogP contribution in [0.2, 0.25) is 0 Å². The van der Waals surface area contributed by atoms with Crippen LogP contribution in [0.3, 0.4) is 0 Å². The van der Waals surface area contributed by atoms with E-state index in [1.807, 2.05) is 69.3 Å². The smallest absolute Gasteiger partial charge is 0.344 e. The fourth-order valence-electron chi connectivity index (χ4n) is 3.02. The molecule has 6 heteroatoms. The number of ether oxygens (including phenoxy) is 4. The molecule has 3 aromatic rings. The maximum atomic E-state index is 11.9. The molecule has 168 valence electrons. The Morgan fingerprint density at radius 1 is 0.688 bits per heavy atom. The maximum Gasteiger partial charge on any atom is 0.344 e. The van der Waals surface area contributed by atoms with Crippen molar-refractivity contribution in [1.82, 2.24) is 0 Å². The van der Waals surface area contributed by atoms with Crippen LogP contribution >= 0.6 is 0 Å². The zero-order valence-electron chi connectivity index (χ0n) is 19.1. The monoisotopic (exact) mass is 453 g/mol. The molecule has 5 nitrogen and oxygen atoms in total. The molecule has 0 aliphatic carbocycles. The van der Waals surface area contributed by atoms with Gasteiger partial charge in [0.1, 0.15) is 22.8 Å². The van der Waals surface area contributed by atoms with Crippen molar-refractivity contribution in [1.29, 1.82) is 0 Å². The van der Waals surface area contributed by atoms with Crippen molar-refractivity contribution in [3.63, 3.8) is 0 Å². The van der Waals surface area contributed by atoms with Crippen LogP contribution in [0, 0.1) is 0 Å². The molecule has 0 radical (unpaired) electrons. The number of benzene rings is 3. The SMILES string of the molecule is COc1ccc([S+](c2ccc(OC)cc2)c2ccc(OCC(=O)OC(C)(C)C)cc2)cc1. The standard InChI is InChI=1S/C26H29O5S/c1-26(2,3)31-25(27)18-30-21-10-16-24(17-11-21)32(22-12-6-19(28-4)7-13-22)23-14-8-20(29-5)9-15-23/h6-17H,18H2,1-5H3/q+1. The van der Waals surface area contributed by atoms with Gasteiger partial charge < -0.3 is 18.9 Å². The van der Waals surface area contributed by atoms with Gasteiger partial charge in [-0.15, -0.1) is 0 Å². The molecule has 0 saturated carbocycles. The molecule has 0 fully saturated rings. The van der Waals surface area contributed by atoms with Crippen molar-refractivity contribution in [2.75, 3.05) is 20.8 Å². The lowest BCUT2D eigenvalue weighted by molar-refractivity contribution is -0.157. The summed E-state index contributed by atoms with van der Waals surface area (Å²) in [6.07, 6.45) is 0. The second-order valence-corrected chi connectivity index (χ2v) is 10.0. The zero-order chi connectivity index (χ0) is 23.1. The summed E-state index contributed by atoms with van der Waals surface area (Å²) in [6, 6.07) is 24.0. The van der Waals surface area contributed by atoms with E-state index in [0.29, 0.717) is 5.75 Å². The first-order chi connectivity index (χ1) is 15.3. The number of hydrogen-bond acceptors (Lipinski definition) is 5. The van der Waals surface area contributed by atoms with E-state index in [4.69, 9.17) is 18.9 Å². The van der Waals surface area contributed by atoms with Gasteiger partial charge in [-0.05, 0) is 93.6 Å². The highest BCUT2D eigenvalue weighted by Gasteiger charge is 2.29. The van der Waals surface area contributed by atoms with Crippen LogP contribution in [0.1, 0.15) is 20.8 Å². The highest BCUT2D eigenvalue weighted by Crippen LogP contribution is 2.34. The summed E-state index contributed by atoms with van der Waals surface area (Å²) in [5.41, 5.74) is -0.532. The Morgan fingerprint density at radius 2 is 1.06 bits per heavy atom. The lowest BCUT2D eigenvalue weighted by Crippen LogP contribution is -2.27. The largest absolute Gasteiger partial charge is 0.497 e. The molecular weight excluding hydrogens is 424 g/mol. The average molecular weight is 454 g/mol. The molecule has 0 aliphatic heterocycles. The lowest BCUT2D eigenvalue weighted by atomic mass is 10.2. The summed E-state index contributed by atoms with van der Waals surface area (Å²) in [6.45, 7) is 5.37. The minimum absolute atomic E-state index is 0.126. The molecule has 0 aromatic heterocycles. The molecule has 0 bridgehead atoms. The van der Waals surface area contributed by atoms with Crippen LogP contribution in [0.25, 0.3) is 0 Å². The normalized spacial score (nSPS) is 11.2. The van der Waals surface area contributed by atoms with E-state index in [-0.39, 0.29) is 17.5 Å². The van der Waals surface area contributed by atoms with Gasteiger partial charge in [0.05, 0.1) is 25.1 Å². The van der Waals surface area contributed by atoms with Crippen molar-refractivity contribution in [2.24, 2.45) is 0 Å². The van der Waals surface area contributed by atoms with E-state index in [1.54, 1.807) is 14.2 Å². The van der Waals surface area contributed by atoms with Crippen LogP contribution in [0.4, 0.5) is 0 Å². The van der Waals surface area contributed by atoms with Crippen molar-refractivity contribution in [2.45, 2.75) is 41.1 Å². The number of hydrogen-bond donors (Lipinski definition) is 0. The zero-order valence-corrected chi connectivity index (χ0v) is 19.9. The minimum atomic E-state index is -0.532. The van der Waals surface area contributed by atoms with E-state index in [1.165, 1.54) is 9.79 Å². The fraction of sp³-hybridized carbons (Fsp3) is 0.269. The predicted octanol–water partition coefficient (Wildman–Crippen LogP) is 5.52. The summed E-state index contributed by atoms with van der Waals surface area (Å²) in [7, 11) is 2.99. The van der Waals surface area contributed by atoms with E-state index >= 15 is 0 Å². The van der Waals surface area contributed by atoms with E-state index in [0.717, 1.165) is 16.4 Å². The molecule has 3 rings (SSSR count). The van der Waals surface area contributed by atoms with Crippen molar-refractivity contribution >= 4 is 16.9 Å². The number of carbonyl (C=O) groups excluding carboxylic acids is 1.